The zero-order chi connectivity index (χ0) is 22.5. The van der Waals surface area contributed by atoms with E-state index in [0.717, 1.165) is 15.6 Å². The van der Waals surface area contributed by atoms with Crippen LogP contribution in [0.5, 0.6) is 11.5 Å². The molecule has 0 fully saturated rings. The molecule has 2 amide bonds. The van der Waals surface area contributed by atoms with Gasteiger partial charge in [-0.25, -0.2) is 0 Å². The van der Waals surface area contributed by atoms with E-state index in [2.05, 4.69) is 15.0 Å². The summed E-state index contributed by atoms with van der Waals surface area (Å²) in [6.45, 7) is 0.286. The van der Waals surface area contributed by atoms with Gasteiger partial charge < -0.3 is 20.1 Å². The Balaban J connectivity index is 1.40. The van der Waals surface area contributed by atoms with E-state index in [9.17, 15) is 9.59 Å². The van der Waals surface area contributed by atoms with E-state index >= 15 is 0 Å². The van der Waals surface area contributed by atoms with Gasteiger partial charge >= 0.3 is 0 Å². The normalized spacial score (nSPS) is 10.6. The van der Waals surface area contributed by atoms with Gasteiger partial charge in [-0.05, 0) is 60.1 Å². The second-order valence-corrected chi connectivity index (χ2v) is 7.72. The SMILES string of the molecule is COc1ccc(OC)c(CNC(=O)c2ccc(NC(=O)c3nsc4ccccc34)cc2)c1. The van der Waals surface area contributed by atoms with E-state index in [1.807, 2.05) is 30.3 Å². The van der Waals surface area contributed by atoms with Crippen LogP contribution in [0.2, 0.25) is 0 Å². The van der Waals surface area contributed by atoms with Crippen molar-refractivity contribution in [1.82, 2.24) is 9.69 Å². The van der Waals surface area contributed by atoms with E-state index < -0.39 is 0 Å². The quantitative estimate of drug-likeness (QED) is 0.436. The molecule has 4 rings (SSSR count). The van der Waals surface area contributed by atoms with Gasteiger partial charge in [-0.3, -0.25) is 9.59 Å². The molecule has 0 aliphatic carbocycles. The topological polar surface area (TPSA) is 89.5 Å². The van der Waals surface area contributed by atoms with E-state index in [1.54, 1.807) is 50.6 Å². The first-order chi connectivity index (χ1) is 15.6. The first-order valence-electron chi connectivity index (χ1n) is 9.84. The van der Waals surface area contributed by atoms with Crippen molar-refractivity contribution < 1.29 is 19.1 Å². The number of rotatable bonds is 7. The van der Waals surface area contributed by atoms with Gasteiger partial charge in [0.05, 0.1) is 18.9 Å². The molecule has 0 unspecified atom stereocenters. The molecular formula is C24H21N3O4S. The fourth-order valence-electron chi connectivity index (χ4n) is 3.24. The number of anilines is 1. The van der Waals surface area contributed by atoms with Gasteiger partial charge in [0, 0.05) is 28.7 Å². The van der Waals surface area contributed by atoms with Crippen molar-refractivity contribution in [1.29, 1.82) is 0 Å². The van der Waals surface area contributed by atoms with Gasteiger partial charge in [0.15, 0.2) is 0 Å². The van der Waals surface area contributed by atoms with Crippen molar-refractivity contribution in [2.45, 2.75) is 6.54 Å². The van der Waals surface area contributed by atoms with Crippen LogP contribution < -0.4 is 20.1 Å². The Kier molecular flexibility index (Phi) is 6.32. The summed E-state index contributed by atoms with van der Waals surface area (Å²) in [6, 6.07) is 19.7. The Hall–Kier alpha value is -3.91. The largest absolute Gasteiger partial charge is 0.497 e. The summed E-state index contributed by atoms with van der Waals surface area (Å²) in [6.07, 6.45) is 0. The summed E-state index contributed by atoms with van der Waals surface area (Å²) in [5.41, 5.74) is 2.25. The molecule has 1 aromatic heterocycles. The summed E-state index contributed by atoms with van der Waals surface area (Å²) >= 11 is 1.29. The van der Waals surface area contributed by atoms with Crippen LogP contribution in [0, 0.1) is 0 Å². The predicted molar refractivity (Wildman–Crippen MR) is 125 cm³/mol. The number of hydrogen-bond acceptors (Lipinski definition) is 6. The summed E-state index contributed by atoms with van der Waals surface area (Å²) in [4.78, 5) is 25.2. The zero-order valence-electron chi connectivity index (χ0n) is 17.5. The van der Waals surface area contributed by atoms with Gasteiger partial charge in [0.1, 0.15) is 17.2 Å². The standard InChI is InChI=1S/C24H21N3O4S/c1-30-18-11-12-20(31-2)16(13-18)14-25-23(28)15-7-9-17(10-8-15)26-24(29)22-19-5-3-4-6-21(19)32-27-22/h3-13H,14H2,1-2H3,(H,25,28)(H,26,29). The van der Waals surface area contributed by atoms with Gasteiger partial charge in [-0.15, -0.1) is 0 Å². The molecule has 32 heavy (non-hydrogen) atoms. The minimum absolute atomic E-state index is 0.238. The molecule has 0 saturated heterocycles. The van der Waals surface area contributed by atoms with Crippen molar-refractivity contribution in [3.05, 3.63) is 83.6 Å². The minimum Gasteiger partial charge on any atom is -0.497 e. The molecule has 7 nitrogen and oxygen atoms in total. The number of aromatic nitrogens is 1. The number of hydrogen-bond donors (Lipinski definition) is 2. The molecule has 0 bridgehead atoms. The summed E-state index contributed by atoms with van der Waals surface area (Å²) < 4.78 is 15.8. The molecule has 0 spiro atoms. The average Bonchev–Trinajstić information content (AvgIpc) is 3.27. The summed E-state index contributed by atoms with van der Waals surface area (Å²) in [5.74, 6) is 0.824. The van der Waals surface area contributed by atoms with Crippen LogP contribution in [0.1, 0.15) is 26.4 Å². The fourth-order valence-corrected chi connectivity index (χ4v) is 4.02. The molecule has 0 saturated carbocycles. The lowest BCUT2D eigenvalue weighted by molar-refractivity contribution is 0.0950. The molecule has 8 heteroatoms. The summed E-state index contributed by atoms with van der Waals surface area (Å²) in [5, 5.41) is 6.52. The number of carbonyl (C=O) groups is 2. The number of carbonyl (C=O) groups excluding carboxylic acids is 2. The van der Waals surface area contributed by atoms with Crippen LogP contribution in [0.25, 0.3) is 10.1 Å². The molecule has 3 aromatic carbocycles. The maximum Gasteiger partial charge on any atom is 0.276 e. The third-order valence-electron chi connectivity index (χ3n) is 4.92. The van der Waals surface area contributed by atoms with Crippen molar-refractivity contribution in [2.75, 3.05) is 19.5 Å². The molecule has 0 radical (unpaired) electrons. The lowest BCUT2D eigenvalue weighted by atomic mass is 10.1. The second kappa shape index (κ2) is 9.49. The first-order valence-corrected chi connectivity index (χ1v) is 10.6. The van der Waals surface area contributed by atoms with Gasteiger partial charge in [0.2, 0.25) is 0 Å². The fraction of sp³-hybridized carbons (Fsp3) is 0.125. The highest BCUT2D eigenvalue weighted by molar-refractivity contribution is 7.13. The third-order valence-corrected chi connectivity index (χ3v) is 5.75. The van der Waals surface area contributed by atoms with Crippen LogP contribution in [-0.4, -0.2) is 30.4 Å². The number of benzene rings is 3. The number of nitrogens with zero attached hydrogens (tertiary/aromatic N) is 1. The lowest BCUT2D eigenvalue weighted by Gasteiger charge is -2.12. The monoisotopic (exact) mass is 447 g/mol. The van der Waals surface area contributed by atoms with E-state index in [4.69, 9.17) is 9.47 Å². The maximum absolute atomic E-state index is 12.6. The predicted octanol–water partition coefficient (Wildman–Crippen LogP) is 4.50. The van der Waals surface area contributed by atoms with E-state index in [-0.39, 0.29) is 18.4 Å². The second-order valence-electron chi connectivity index (χ2n) is 6.92. The van der Waals surface area contributed by atoms with Crippen molar-refractivity contribution >= 4 is 39.1 Å². The van der Waals surface area contributed by atoms with E-state index in [1.165, 1.54) is 11.5 Å². The minimum atomic E-state index is -0.287. The maximum atomic E-state index is 12.6. The molecule has 0 aliphatic heterocycles. The molecule has 0 aliphatic rings. The smallest absolute Gasteiger partial charge is 0.276 e. The van der Waals surface area contributed by atoms with Crippen molar-refractivity contribution in [2.24, 2.45) is 0 Å². The van der Waals surface area contributed by atoms with Crippen LogP contribution >= 0.6 is 11.5 Å². The number of amides is 2. The Morgan fingerprint density at radius 1 is 0.938 bits per heavy atom. The van der Waals surface area contributed by atoms with Crippen LogP contribution in [0.15, 0.2) is 66.7 Å². The first kappa shape index (κ1) is 21.3. The highest BCUT2D eigenvalue weighted by atomic mass is 32.1. The summed E-state index contributed by atoms with van der Waals surface area (Å²) in [7, 11) is 3.16. The van der Waals surface area contributed by atoms with Crippen LogP contribution in [-0.2, 0) is 6.54 Å². The molecule has 0 atom stereocenters. The number of nitrogens with one attached hydrogen (secondary N) is 2. The third kappa shape index (κ3) is 4.55. The number of fused-ring (bicyclic) bond motifs is 1. The van der Waals surface area contributed by atoms with Crippen LogP contribution in [0.4, 0.5) is 5.69 Å². The molecule has 2 N–H and O–H groups in total. The Morgan fingerprint density at radius 3 is 2.47 bits per heavy atom. The molecule has 4 aromatic rings. The number of ether oxygens (including phenoxy) is 2. The van der Waals surface area contributed by atoms with Crippen molar-refractivity contribution in [3.63, 3.8) is 0 Å². The lowest BCUT2D eigenvalue weighted by Crippen LogP contribution is -2.23. The molecule has 1 heterocycles. The Morgan fingerprint density at radius 2 is 1.72 bits per heavy atom. The number of methoxy groups -OCH3 is 2. The van der Waals surface area contributed by atoms with Gasteiger partial charge in [-0.1, -0.05) is 18.2 Å². The highest BCUT2D eigenvalue weighted by Gasteiger charge is 2.15. The van der Waals surface area contributed by atoms with Gasteiger partial charge in [-0.2, -0.15) is 4.37 Å². The molecule has 162 valence electrons. The highest BCUT2D eigenvalue weighted by Crippen LogP contribution is 2.25. The van der Waals surface area contributed by atoms with Gasteiger partial charge in [0.25, 0.3) is 11.8 Å². The van der Waals surface area contributed by atoms with Crippen molar-refractivity contribution in [3.8, 4) is 11.5 Å². The Labute approximate surface area is 189 Å². The van der Waals surface area contributed by atoms with E-state index in [0.29, 0.717) is 28.4 Å². The Bertz CT molecular complexity index is 1270. The van der Waals surface area contributed by atoms with Crippen LogP contribution in [0.3, 0.4) is 0 Å². The zero-order valence-corrected chi connectivity index (χ0v) is 18.4. The molecular weight excluding hydrogens is 426 g/mol. The average molecular weight is 448 g/mol.